The van der Waals surface area contributed by atoms with E-state index in [9.17, 15) is 9.90 Å². The van der Waals surface area contributed by atoms with Gasteiger partial charge in [-0.15, -0.1) is 0 Å². The molecule has 11 atom stereocenters. The van der Waals surface area contributed by atoms with Crippen LogP contribution in [0.15, 0.2) is 0 Å². The molecule has 214 valence electrons. The number of aliphatic hydroxyl groups is 1. The van der Waals surface area contributed by atoms with Gasteiger partial charge in [-0.05, 0) is 104 Å². The zero-order chi connectivity index (χ0) is 26.8. The number of carbonyl (C=O) groups is 1. The second kappa shape index (κ2) is 12.2. The van der Waals surface area contributed by atoms with Crippen molar-refractivity contribution in [3.05, 3.63) is 0 Å². The average Bonchev–Trinajstić information content (AvgIpc) is 3.25. The molecule has 0 aliphatic heterocycles. The van der Waals surface area contributed by atoms with Crippen molar-refractivity contribution in [3.63, 3.8) is 0 Å². The van der Waals surface area contributed by atoms with Gasteiger partial charge in [0.2, 0.25) is 0 Å². The minimum absolute atomic E-state index is 0.0937. The summed E-state index contributed by atoms with van der Waals surface area (Å²) in [7, 11) is 3.17. The lowest BCUT2D eigenvalue weighted by atomic mass is 9.41. The van der Waals surface area contributed by atoms with Gasteiger partial charge in [0.05, 0.1) is 32.5 Å². The summed E-state index contributed by atoms with van der Waals surface area (Å²) in [6.07, 6.45) is 10.7. The highest BCUT2D eigenvalue weighted by molar-refractivity contribution is 5.69. The molecule has 4 aliphatic carbocycles. The topological polar surface area (TPSA) is 74.2 Å². The van der Waals surface area contributed by atoms with Crippen LogP contribution in [0.4, 0.5) is 0 Å². The fourth-order valence-electron chi connectivity index (χ4n) is 10.1. The van der Waals surface area contributed by atoms with E-state index >= 15 is 0 Å². The summed E-state index contributed by atoms with van der Waals surface area (Å²) in [6.45, 7) is 11.2. The number of rotatable bonds is 11. The normalized spacial score (nSPS) is 44.0. The number of ether oxygens (including phenoxy) is 4. The minimum atomic E-state index is -0.224. The maximum atomic E-state index is 12.0. The Bertz CT molecular complexity index is 758. The predicted octanol–water partition coefficient (Wildman–Crippen LogP) is 5.85. The Morgan fingerprint density at radius 3 is 2.43 bits per heavy atom. The number of carbonyl (C=O) groups excluding carboxylic acids is 1. The summed E-state index contributed by atoms with van der Waals surface area (Å²) in [6, 6.07) is 0. The third kappa shape index (κ3) is 5.51. The monoisotopic (exact) mass is 522 g/mol. The van der Waals surface area contributed by atoms with Crippen molar-refractivity contribution in [3.8, 4) is 0 Å². The van der Waals surface area contributed by atoms with Crippen LogP contribution in [0.5, 0.6) is 0 Å². The molecule has 4 aliphatic rings. The summed E-state index contributed by atoms with van der Waals surface area (Å²) in [5, 5.41) is 12.0. The van der Waals surface area contributed by atoms with Gasteiger partial charge in [-0.3, -0.25) is 4.79 Å². The van der Waals surface area contributed by atoms with E-state index in [0.29, 0.717) is 67.9 Å². The lowest BCUT2D eigenvalue weighted by Gasteiger charge is -2.65. The molecule has 4 fully saturated rings. The standard InChI is InChI=1S/C31H54O6/c1-7-22-26-18-21(37-19-36-17-16-34-5)12-14-31(26,4)25-13-15-30(3)23(20(2)8-11-27(32)35-6)9-10-24(30)28(25)29(22)33/h20-26,28-29,33H,7-19H2,1-6H3/t20-,21-,22-,23-,24+,25+,26+,28+,29-,30?,31?/m1/s1. The second-order valence-corrected chi connectivity index (χ2v) is 13.4. The van der Waals surface area contributed by atoms with Gasteiger partial charge in [-0.2, -0.15) is 0 Å². The van der Waals surface area contributed by atoms with Crippen molar-refractivity contribution in [2.24, 2.45) is 52.3 Å². The van der Waals surface area contributed by atoms with Crippen LogP contribution in [0.25, 0.3) is 0 Å². The van der Waals surface area contributed by atoms with Gasteiger partial charge in [0, 0.05) is 13.5 Å². The number of hydrogen-bond donors (Lipinski definition) is 1. The number of esters is 1. The van der Waals surface area contributed by atoms with Gasteiger partial charge in [-0.1, -0.05) is 34.1 Å². The molecule has 0 radical (unpaired) electrons. The van der Waals surface area contributed by atoms with Crippen LogP contribution >= 0.6 is 0 Å². The van der Waals surface area contributed by atoms with Gasteiger partial charge in [0.25, 0.3) is 0 Å². The zero-order valence-corrected chi connectivity index (χ0v) is 24.4. The molecular weight excluding hydrogens is 468 g/mol. The van der Waals surface area contributed by atoms with Gasteiger partial charge in [-0.25, -0.2) is 0 Å². The number of aliphatic hydroxyl groups excluding tert-OH is 1. The van der Waals surface area contributed by atoms with Crippen LogP contribution in [-0.4, -0.2) is 57.5 Å². The van der Waals surface area contributed by atoms with E-state index in [0.717, 1.165) is 25.7 Å². The summed E-state index contributed by atoms with van der Waals surface area (Å²) in [5.41, 5.74) is 0.538. The van der Waals surface area contributed by atoms with E-state index in [1.807, 2.05) is 0 Å². The van der Waals surface area contributed by atoms with Gasteiger partial charge in [0.15, 0.2) is 0 Å². The second-order valence-electron chi connectivity index (χ2n) is 13.4. The van der Waals surface area contributed by atoms with Crippen LogP contribution in [-0.2, 0) is 23.7 Å². The first kappa shape index (κ1) is 29.3. The fourth-order valence-corrected chi connectivity index (χ4v) is 10.1. The maximum absolute atomic E-state index is 12.0. The van der Waals surface area contributed by atoms with Crippen LogP contribution < -0.4 is 0 Å². The van der Waals surface area contributed by atoms with Crippen LogP contribution in [0.1, 0.15) is 91.9 Å². The number of hydrogen-bond acceptors (Lipinski definition) is 6. The van der Waals surface area contributed by atoms with Gasteiger partial charge < -0.3 is 24.1 Å². The first-order valence-corrected chi connectivity index (χ1v) is 15.1. The molecule has 37 heavy (non-hydrogen) atoms. The Morgan fingerprint density at radius 2 is 1.73 bits per heavy atom. The Labute approximate surface area is 225 Å². The SMILES string of the molecule is CC[C@H]1[C@@H](O)[C@H]2[C@@H]3CC[C@H]([C@H](C)CCC(=O)OC)C3(C)CC[C@@H]2C2(C)CC[C@@H](OCOCCOC)C[C@@H]12. The maximum Gasteiger partial charge on any atom is 0.305 e. The number of methoxy groups -OCH3 is 2. The summed E-state index contributed by atoms with van der Waals surface area (Å²) in [5.74, 6) is 3.47. The molecule has 0 bridgehead atoms. The van der Waals surface area contributed by atoms with Crippen molar-refractivity contribution in [1.29, 1.82) is 0 Å². The quantitative estimate of drug-likeness (QED) is 0.209. The van der Waals surface area contributed by atoms with Gasteiger partial charge in [0.1, 0.15) is 6.79 Å². The fraction of sp³-hybridized carbons (Fsp3) is 0.968. The van der Waals surface area contributed by atoms with Crippen molar-refractivity contribution in [2.45, 2.75) is 104 Å². The molecule has 0 heterocycles. The van der Waals surface area contributed by atoms with Crippen LogP contribution in [0, 0.1) is 52.3 Å². The minimum Gasteiger partial charge on any atom is -0.469 e. The lowest BCUT2D eigenvalue weighted by molar-refractivity contribution is -0.213. The van der Waals surface area contributed by atoms with Crippen LogP contribution in [0.3, 0.4) is 0 Å². The third-order valence-corrected chi connectivity index (χ3v) is 12.0. The van der Waals surface area contributed by atoms with E-state index in [2.05, 4.69) is 27.7 Å². The largest absolute Gasteiger partial charge is 0.469 e. The Hall–Kier alpha value is -0.690. The zero-order valence-electron chi connectivity index (χ0n) is 24.4. The Kier molecular flexibility index (Phi) is 9.68. The van der Waals surface area contributed by atoms with E-state index < -0.39 is 0 Å². The average molecular weight is 523 g/mol. The van der Waals surface area contributed by atoms with Gasteiger partial charge >= 0.3 is 5.97 Å². The van der Waals surface area contributed by atoms with Crippen LogP contribution in [0.2, 0.25) is 0 Å². The van der Waals surface area contributed by atoms with E-state index in [-0.39, 0.29) is 29.0 Å². The highest BCUT2D eigenvalue weighted by atomic mass is 16.7. The molecule has 2 unspecified atom stereocenters. The molecule has 0 amide bonds. The molecule has 6 heteroatoms. The molecule has 0 saturated heterocycles. The summed E-state index contributed by atoms with van der Waals surface area (Å²) >= 11 is 0. The molecule has 0 spiro atoms. The first-order chi connectivity index (χ1) is 17.7. The predicted molar refractivity (Wildman–Crippen MR) is 144 cm³/mol. The van der Waals surface area contributed by atoms with E-state index in [4.69, 9.17) is 18.9 Å². The molecule has 1 N–H and O–H groups in total. The number of fused-ring (bicyclic) bond motifs is 5. The van der Waals surface area contributed by atoms with Crippen molar-refractivity contribution >= 4 is 5.97 Å². The van der Waals surface area contributed by atoms with E-state index in [1.165, 1.54) is 39.2 Å². The molecular formula is C31H54O6. The molecule has 6 nitrogen and oxygen atoms in total. The van der Waals surface area contributed by atoms with E-state index in [1.54, 1.807) is 7.11 Å². The van der Waals surface area contributed by atoms with Crippen molar-refractivity contribution in [2.75, 3.05) is 34.2 Å². The van der Waals surface area contributed by atoms with Crippen molar-refractivity contribution < 1.29 is 28.8 Å². The molecule has 4 saturated carbocycles. The molecule has 4 rings (SSSR count). The highest BCUT2D eigenvalue weighted by Gasteiger charge is 2.65. The molecule has 0 aromatic carbocycles. The smallest absolute Gasteiger partial charge is 0.305 e. The molecule has 0 aromatic rings. The lowest BCUT2D eigenvalue weighted by Crippen LogP contribution is -2.62. The van der Waals surface area contributed by atoms with Crippen molar-refractivity contribution in [1.82, 2.24) is 0 Å². The molecule has 0 aromatic heterocycles. The summed E-state index contributed by atoms with van der Waals surface area (Å²) < 4.78 is 21.8. The first-order valence-electron chi connectivity index (χ1n) is 15.1. The summed E-state index contributed by atoms with van der Waals surface area (Å²) in [4.78, 5) is 11.8. The highest BCUT2D eigenvalue weighted by Crippen LogP contribution is 2.69. The third-order valence-electron chi connectivity index (χ3n) is 12.0. The Balaban J connectivity index is 1.47. The Morgan fingerprint density at radius 1 is 1.00 bits per heavy atom.